The molecule has 0 radical (unpaired) electrons. The van der Waals surface area contributed by atoms with Crippen molar-refractivity contribution in [1.29, 1.82) is 0 Å². The summed E-state index contributed by atoms with van der Waals surface area (Å²) in [5.41, 5.74) is 0. The van der Waals surface area contributed by atoms with E-state index in [1.807, 2.05) is 12.2 Å². The highest BCUT2D eigenvalue weighted by atomic mass is 16.6. The predicted molar refractivity (Wildman–Crippen MR) is 92.9 cm³/mol. The van der Waals surface area contributed by atoms with Crippen molar-refractivity contribution in [1.82, 2.24) is 0 Å². The van der Waals surface area contributed by atoms with Crippen LogP contribution in [-0.4, -0.2) is 24.3 Å². The van der Waals surface area contributed by atoms with Gasteiger partial charge in [0.05, 0.1) is 12.2 Å². The van der Waals surface area contributed by atoms with Gasteiger partial charge in [0.25, 0.3) is 0 Å². The summed E-state index contributed by atoms with van der Waals surface area (Å²) < 4.78 is 11.6. The zero-order valence-electron chi connectivity index (χ0n) is 14.7. The Balaban J connectivity index is 4.53. The molecule has 128 valence electrons. The van der Waals surface area contributed by atoms with Gasteiger partial charge in [0.2, 0.25) is 0 Å². The van der Waals surface area contributed by atoms with Crippen molar-refractivity contribution in [3.63, 3.8) is 0 Å². The second kappa shape index (κ2) is 13.6. The highest BCUT2D eigenvalue weighted by Crippen LogP contribution is 2.19. The monoisotopic (exact) mass is 310 g/mol. The number of hydrogen-bond donors (Lipinski definition) is 0. The summed E-state index contributed by atoms with van der Waals surface area (Å²) in [5, 5.41) is 0. The van der Waals surface area contributed by atoms with E-state index in [9.17, 15) is 4.79 Å². The van der Waals surface area contributed by atoms with Crippen molar-refractivity contribution in [3.05, 3.63) is 25.3 Å². The molecule has 0 fully saturated rings. The molecule has 0 unspecified atom stereocenters. The summed E-state index contributed by atoms with van der Waals surface area (Å²) in [6.07, 6.45) is 11.7. The van der Waals surface area contributed by atoms with E-state index in [-0.39, 0.29) is 24.3 Å². The normalized spacial score (nSPS) is 14.9. The van der Waals surface area contributed by atoms with Crippen LogP contribution in [0.2, 0.25) is 0 Å². The summed E-state index contributed by atoms with van der Waals surface area (Å²) in [6.45, 7) is 13.3. The van der Waals surface area contributed by atoms with Crippen LogP contribution in [0.4, 0.5) is 0 Å². The van der Waals surface area contributed by atoms with Crippen LogP contribution in [0.15, 0.2) is 25.3 Å². The fourth-order valence-corrected chi connectivity index (χ4v) is 2.50. The molecule has 3 atom stereocenters. The van der Waals surface area contributed by atoms with E-state index in [1.165, 1.54) is 26.2 Å². The molecule has 22 heavy (non-hydrogen) atoms. The van der Waals surface area contributed by atoms with Crippen LogP contribution < -0.4 is 0 Å². The Kier molecular flexibility index (Phi) is 12.9. The van der Waals surface area contributed by atoms with Gasteiger partial charge >= 0.3 is 5.97 Å². The second-order valence-electron chi connectivity index (χ2n) is 5.72. The standard InChI is InChI=1S/C19H34O3/c1-6-10-12-13-14-17(8-3)22-18(9-4)19(15-11-7-2)21-16(5)20/h7-8,17-19H,2-3,6,9-15H2,1,4-5H3/t17-,18-,19-/m1/s1. The maximum Gasteiger partial charge on any atom is 0.302 e. The molecule has 0 amide bonds. The van der Waals surface area contributed by atoms with E-state index < -0.39 is 0 Å². The molecule has 0 aliphatic heterocycles. The molecule has 0 N–H and O–H groups in total. The molecule has 0 rings (SSSR count). The number of carbonyl (C=O) groups excluding carboxylic acids is 1. The van der Waals surface area contributed by atoms with Crippen molar-refractivity contribution >= 4 is 5.97 Å². The molecular formula is C19H34O3. The van der Waals surface area contributed by atoms with Gasteiger partial charge in [-0.15, -0.1) is 13.2 Å². The predicted octanol–water partition coefficient (Wildman–Crippen LogP) is 5.20. The SMILES string of the molecule is C=CCC[C@@H](OC(C)=O)[C@@H](CC)O[C@H](C=C)CCCCCC. The lowest BCUT2D eigenvalue weighted by Gasteiger charge is -2.29. The molecule has 3 heteroatoms. The number of esters is 1. The van der Waals surface area contributed by atoms with E-state index in [4.69, 9.17) is 9.47 Å². The lowest BCUT2D eigenvalue weighted by atomic mass is 10.0. The Morgan fingerprint density at radius 2 is 1.82 bits per heavy atom. The van der Waals surface area contributed by atoms with Crippen molar-refractivity contribution in [2.45, 2.75) is 90.4 Å². The molecule has 0 bridgehead atoms. The minimum atomic E-state index is -0.255. The summed E-state index contributed by atoms with van der Waals surface area (Å²) in [7, 11) is 0. The maximum atomic E-state index is 11.3. The Hall–Kier alpha value is -1.09. The summed E-state index contributed by atoms with van der Waals surface area (Å²) in [5.74, 6) is -0.255. The fourth-order valence-electron chi connectivity index (χ4n) is 2.50. The van der Waals surface area contributed by atoms with Gasteiger partial charge in [-0.05, 0) is 25.7 Å². The molecule has 0 aromatic carbocycles. The van der Waals surface area contributed by atoms with Crippen LogP contribution in [-0.2, 0) is 14.3 Å². The van der Waals surface area contributed by atoms with E-state index in [0.717, 1.165) is 32.1 Å². The maximum absolute atomic E-state index is 11.3. The van der Waals surface area contributed by atoms with E-state index in [1.54, 1.807) is 0 Å². The quantitative estimate of drug-likeness (QED) is 0.251. The van der Waals surface area contributed by atoms with Crippen LogP contribution in [0.5, 0.6) is 0 Å². The summed E-state index contributed by atoms with van der Waals surface area (Å²) in [6, 6.07) is 0. The summed E-state index contributed by atoms with van der Waals surface area (Å²) >= 11 is 0. The van der Waals surface area contributed by atoms with Crippen LogP contribution >= 0.6 is 0 Å². The lowest BCUT2D eigenvalue weighted by Crippen LogP contribution is -2.35. The van der Waals surface area contributed by atoms with Gasteiger partial charge in [-0.3, -0.25) is 4.79 Å². The number of hydrogen-bond acceptors (Lipinski definition) is 3. The molecule has 0 aliphatic rings. The first-order valence-corrected chi connectivity index (χ1v) is 8.65. The third kappa shape index (κ3) is 9.78. The number of carbonyl (C=O) groups is 1. The smallest absolute Gasteiger partial charge is 0.302 e. The Morgan fingerprint density at radius 1 is 1.09 bits per heavy atom. The van der Waals surface area contributed by atoms with Gasteiger partial charge in [-0.1, -0.05) is 51.7 Å². The van der Waals surface area contributed by atoms with Crippen LogP contribution in [0.25, 0.3) is 0 Å². The van der Waals surface area contributed by atoms with Crippen molar-refractivity contribution < 1.29 is 14.3 Å². The first-order chi connectivity index (χ1) is 10.6. The zero-order valence-corrected chi connectivity index (χ0v) is 14.7. The minimum absolute atomic E-state index is 0.0311. The van der Waals surface area contributed by atoms with E-state index >= 15 is 0 Å². The van der Waals surface area contributed by atoms with Crippen molar-refractivity contribution in [2.75, 3.05) is 0 Å². The third-order valence-corrected chi connectivity index (χ3v) is 3.74. The molecule has 0 saturated carbocycles. The Labute approximate surface area is 136 Å². The number of ether oxygens (including phenoxy) is 2. The van der Waals surface area contributed by atoms with Crippen LogP contribution in [0, 0.1) is 0 Å². The topological polar surface area (TPSA) is 35.5 Å². The Bertz CT molecular complexity index is 312. The average Bonchev–Trinajstić information content (AvgIpc) is 2.50. The van der Waals surface area contributed by atoms with Gasteiger partial charge in [0.15, 0.2) is 0 Å². The molecule has 0 heterocycles. The number of allylic oxidation sites excluding steroid dienone is 1. The van der Waals surface area contributed by atoms with Gasteiger partial charge in [0.1, 0.15) is 6.10 Å². The highest BCUT2D eigenvalue weighted by molar-refractivity contribution is 5.66. The van der Waals surface area contributed by atoms with Crippen LogP contribution in [0.3, 0.4) is 0 Å². The van der Waals surface area contributed by atoms with Crippen molar-refractivity contribution in [3.8, 4) is 0 Å². The number of unbranched alkanes of at least 4 members (excludes halogenated alkanes) is 3. The minimum Gasteiger partial charge on any atom is -0.460 e. The summed E-state index contributed by atoms with van der Waals surface area (Å²) in [4.78, 5) is 11.3. The fraction of sp³-hybridized carbons (Fsp3) is 0.737. The first-order valence-electron chi connectivity index (χ1n) is 8.65. The first kappa shape index (κ1) is 20.9. The molecule has 0 saturated heterocycles. The van der Waals surface area contributed by atoms with E-state index in [2.05, 4.69) is 27.0 Å². The van der Waals surface area contributed by atoms with Crippen molar-refractivity contribution in [2.24, 2.45) is 0 Å². The number of rotatable bonds is 14. The molecule has 0 aromatic rings. The van der Waals surface area contributed by atoms with Crippen LogP contribution in [0.1, 0.15) is 72.1 Å². The average molecular weight is 310 g/mol. The van der Waals surface area contributed by atoms with Gasteiger partial charge in [-0.25, -0.2) is 0 Å². The molecule has 3 nitrogen and oxygen atoms in total. The lowest BCUT2D eigenvalue weighted by molar-refractivity contribution is -0.158. The zero-order chi connectivity index (χ0) is 16.8. The highest BCUT2D eigenvalue weighted by Gasteiger charge is 2.25. The molecule has 0 aliphatic carbocycles. The molecular weight excluding hydrogens is 276 g/mol. The third-order valence-electron chi connectivity index (χ3n) is 3.74. The van der Waals surface area contributed by atoms with E-state index in [0.29, 0.717) is 0 Å². The van der Waals surface area contributed by atoms with Gasteiger partial charge < -0.3 is 9.47 Å². The second-order valence-corrected chi connectivity index (χ2v) is 5.72. The largest absolute Gasteiger partial charge is 0.460 e. The molecule has 0 spiro atoms. The molecule has 0 aromatic heterocycles. The Morgan fingerprint density at radius 3 is 2.32 bits per heavy atom. The van der Waals surface area contributed by atoms with Gasteiger partial charge in [0, 0.05) is 6.92 Å². The van der Waals surface area contributed by atoms with Gasteiger partial charge in [-0.2, -0.15) is 0 Å².